The largest absolute Gasteiger partial charge is 0.320 e. The summed E-state index contributed by atoms with van der Waals surface area (Å²) in [6.07, 6.45) is 30.7. The van der Waals surface area contributed by atoms with Gasteiger partial charge in [0.25, 0.3) is 0 Å². The van der Waals surface area contributed by atoms with E-state index in [2.05, 4.69) is 19.3 Å². The first-order valence-corrected chi connectivity index (χ1v) is 12.1. The highest BCUT2D eigenvalue weighted by Crippen LogP contribution is 2.14. The molecule has 0 unspecified atom stereocenters. The van der Waals surface area contributed by atoms with Crippen LogP contribution in [-0.4, -0.2) is 13.6 Å². The Kier molecular flexibility index (Phi) is 23.9. The maximum atomic E-state index is 3.23. The van der Waals surface area contributed by atoms with Crippen LogP contribution in [0.5, 0.6) is 0 Å². The molecule has 0 aromatic carbocycles. The van der Waals surface area contributed by atoms with E-state index in [1.165, 1.54) is 141 Å². The van der Waals surface area contributed by atoms with E-state index in [4.69, 9.17) is 0 Å². The van der Waals surface area contributed by atoms with Crippen molar-refractivity contribution in [3.8, 4) is 0 Å². The number of nitrogens with one attached hydrogen (secondary N) is 1. The van der Waals surface area contributed by atoms with Gasteiger partial charge in [-0.15, -0.1) is 0 Å². The lowest BCUT2D eigenvalue weighted by atomic mass is 10.0. The summed E-state index contributed by atoms with van der Waals surface area (Å²) in [6.45, 7) is 3.49. The summed E-state index contributed by atoms with van der Waals surface area (Å²) in [5, 5.41) is 3.23. The van der Waals surface area contributed by atoms with Crippen LogP contribution in [0.15, 0.2) is 0 Å². The molecular weight excluding hydrogens is 302 g/mol. The third-order valence-electron chi connectivity index (χ3n) is 5.53. The average molecular weight is 354 g/mol. The second-order valence-corrected chi connectivity index (χ2v) is 8.17. The van der Waals surface area contributed by atoms with Crippen LogP contribution in [0.1, 0.15) is 142 Å². The van der Waals surface area contributed by atoms with Crippen molar-refractivity contribution < 1.29 is 0 Å². The van der Waals surface area contributed by atoms with Crippen LogP contribution in [-0.2, 0) is 0 Å². The Morgan fingerprint density at radius 3 is 0.840 bits per heavy atom. The van der Waals surface area contributed by atoms with Crippen molar-refractivity contribution >= 4 is 0 Å². The monoisotopic (exact) mass is 353 g/mol. The quantitative estimate of drug-likeness (QED) is 0.193. The Morgan fingerprint density at radius 1 is 0.360 bits per heavy atom. The van der Waals surface area contributed by atoms with Gasteiger partial charge in [-0.1, -0.05) is 135 Å². The van der Waals surface area contributed by atoms with Gasteiger partial charge < -0.3 is 5.32 Å². The van der Waals surface area contributed by atoms with Crippen molar-refractivity contribution in [3.63, 3.8) is 0 Å². The molecule has 1 nitrogen and oxygen atoms in total. The standard InChI is InChI=1S/C24H51N/c1-3-4-5-6-7-8-9-10-11-12-13-14-15-16-17-18-19-20-21-22-23-24-25-2/h25H,3-24H2,1-2H3. The summed E-state index contributed by atoms with van der Waals surface area (Å²) in [5.41, 5.74) is 0. The molecule has 0 aliphatic heterocycles. The van der Waals surface area contributed by atoms with Crippen molar-refractivity contribution in [2.75, 3.05) is 13.6 Å². The van der Waals surface area contributed by atoms with Gasteiger partial charge in [0, 0.05) is 0 Å². The highest BCUT2D eigenvalue weighted by Gasteiger charge is 1.95. The van der Waals surface area contributed by atoms with E-state index in [1.807, 2.05) is 0 Å². The lowest BCUT2D eigenvalue weighted by molar-refractivity contribution is 0.519. The van der Waals surface area contributed by atoms with Crippen molar-refractivity contribution in [3.05, 3.63) is 0 Å². The lowest BCUT2D eigenvalue weighted by Crippen LogP contribution is -2.06. The third-order valence-corrected chi connectivity index (χ3v) is 5.53. The van der Waals surface area contributed by atoms with Crippen molar-refractivity contribution in [2.24, 2.45) is 0 Å². The topological polar surface area (TPSA) is 12.0 Å². The van der Waals surface area contributed by atoms with Gasteiger partial charge in [0.15, 0.2) is 0 Å². The van der Waals surface area contributed by atoms with Crippen LogP contribution in [0.25, 0.3) is 0 Å². The normalized spacial score (nSPS) is 11.3. The van der Waals surface area contributed by atoms with Crippen LogP contribution in [0.4, 0.5) is 0 Å². The first-order valence-electron chi connectivity index (χ1n) is 12.1. The fourth-order valence-electron chi connectivity index (χ4n) is 3.73. The lowest BCUT2D eigenvalue weighted by Gasteiger charge is -2.04. The molecule has 0 heterocycles. The predicted molar refractivity (Wildman–Crippen MR) is 117 cm³/mol. The summed E-state index contributed by atoms with van der Waals surface area (Å²) >= 11 is 0. The van der Waals surface area contributed by atoms with E-state index >= 15 is 0 Å². The Balaban J connectivity index is 2.94. The van der Waals surface area contributed by atoms with Gasteiger partial charge in [-0.25, -0.2) is 0 Å². The maximum Gasteiger partial charge on any atom is -0.00519 e. The molecule has 0 bridgehead atoms. The zero-order chi connectivity index (χ0) is 18.3. The van der Waals surface area contributed by atoms with Crippen LogP contribution in [0.2, 0.25) is 0 Å². The number of unbranched alkanes of at least 4 members (excludes halogenated alkanes) is 20. The second kappa shape index (κ2) is 24.0. The minimum atomic E-state index is 1.19. The van der Waals surface area contributed by atoms with E-state index in [0.29, 0.717) is 0 Å². The Labute approximate surface area is 161 Å². The molecule has 152 valence electrons. The summed E-state index contributed by atoms with van der Waals surface area (Å²) in [7, 11) is 2.05. The second-order valence-electron chi connectivity index (χ2n) is 8.17. The zero-order valence-electron chi connectivity index (χ0n) is 18.1. The number of rotatable bonds is 22. The highest BCUT2D eigenvalue weighted by atomic mass is 14.8. The molecule has 0 aromatic heterocycles. The van der Waals surface area contributed by atoms with E-state index in [9.17, 15) is 0 Å². The van der Waals surface area contributed by atoms with Crippen molar-refractivity contribution in [1.82, 2.24) is 5.32 Å². The summed E-state index contributed by atoms with van der Waals surface area (Å²) in [4.78, 5) is 0. The summed E-state index contributed by atoms with van der Waals surface area (Å²) in [5.74, 6) is 0. The van der Waals surface area contributed by atoms with Gasteiger partial charge in [-0.3, -0.25) is 0 Å². The van der Waals surface area contributed by atoms with Gasteiger partial charge in [0.2, 0.25) is 0 Å². The van der Waals surface area contributed by atoms with Crippen LogP contribution in [0, 0.1) is 0 Å². The van der Waals surface area contributed by atoms with Crippen LogP contribution in [0.3, 0.4) is 0 Å². The van der Waals surface area contributed by atoms with Gasteiger partial charge in [0.05, 0.1) is 0 Å². The molecule has 0 rings (SSSR count). The first kappa shape index (κ1) is 25.0. The zero-order valence-corrected chi connectivity index (χ0v) is 18.1. The van der Waals surface area contributed by atoms with E-state index in [-0.39, 0.29) is 0 Å². The summed E-state index contributed by atoms with van der Waals surface area (Å²) < 4.78 is 0. The highest BCUT2D eigenvalue weighted by molar-refractivity contribution is 4.51. The van der Waals surface area contributed by atoms with Crippen LogP contribution < -0.4 is 5.32 Å². The number of hydrogen-bond acceptors (Lipinski definition) is 1. The molecular formula is C24H51N. The summed E-state index contributed by atoms with van der Waals surface area (Å²) in [6, 6.07) is 0. The molecule has 0 atom stereocenters. The van der Waals surface area contributed by atoms with E-state index in [0.717, 1.165) is 0 Å². The predicted octanol–water partition coefficient (Wildman–Crippen LogP) is 8.42. The van der Waals surface area contributed by atoms with Crippen molar-refractivity contribution in [1.29, 1.82) is 0 Å². The average Bonchev–Trinajstić information content (AvgIpc) is 2.63. The number of hydrogen-bond donors (Lipinski definition) is 1. The molecule has 1 heteroatoms. The van der Waals surface area contributed by atoms with Gasteiger partial charge in [-0.05, 0) is 20.0 Å². The molecule has 0 aliphatic rings. The minimum absolute atomic E-state index is 1.19. The van der Waals surface area contributed by atoms with Gasteiger partial charge >= 0.3 is 0 Å². The molecule has 0 aromatic rings. The molecule has 1 N–H and O–H groups in total. The molecule has 0 saturated carbocycles. The first-order chi connectivity index (χ1) is 12.4. The minimum Gasteiger partial charge on any atom is -0.320 e. The van der Waals surface area contributed by atoms with Gasteiger partial charge in [-0.2, -0.15) is 0 Å². The fraction of sp³-hybridized carbons (Fsp3) is 1.00. The molecule has 0 aliphatic carbocycles. The van der Waals surface area contributed by atoms with Gasteiger partial charge in [0.1, 0.15) is 0 Å². The SMILES string of the molecule is CCCCCCCCCCCCCCCCCCCCCCCNC. The fourth-order valence-corrected chi connectivity index (χ4v) is 3.73. The molecule has 0 amide bonds. The van der Waals surface area contributed by atoms with E-state index in [1.54, 1.807) is 0 Å². The van der Waals surface area contributed by atoms with Crippen molar-refractivity contribution in [2.45, 2.75) is 142 Å². The molecule has 0 saturated heterocycles. The maximum absolute atomic E-state index is 3.23. The van der Waals surface area contributed by atoms with E-state index < -0.39 is 0 Å². The molecule has 0 radical (unpaired) electrons. The molecule has 0 spiro atoms. The molecule has 0 fully saturated rings. The van der Waals surface area contributed by atoms with Crippen LogP contribution >= 0.6 is 0 Å². The smallest absolute Gasteiger partial charge is 0.00519 e. The Bertz CT molecular complexity index is 192. The Morgan fingerprint density at radius 2 is 0.600 bits per heavy atom. The third kappa shape index (κ3) is 24.0. The Hall–Kier alpha value is -0.0400. The molecule has 25 heavy (non-hydrogen) atoms.